The van der Waals surface area contributed by atoms with Crippen molar-refractivity contribution in [1.29, 1.82) is 0 Å². The van der Waals surface area contributed by atoms with Gasteiger partial charge in [0.15, 0.2) is 17.3 Å². The van der Waals surface area contributed by atoms with Crippen LogP contribution in [0.2, 0.25) is 0 Å². The summed E-state index contributed by atoms with van der Waals surface area (Å²) >= 11 is 0. The number of phenolic OH excluding ortho intramolecular Hbond substituents is 2. The molecule has 122 valence electrons. The number of hydrogen-bond acceptors (Lipinski definition) is 7. The first-order chi connectivity index (χ1) is 11.0. The second-order valence-corrected chi connectivity index (χ2v) is 5.35. The summed E-state index contributed by atoms with van der Waals surface area (Å²) < 4.78 is 10.9. The molecule has 0 amide bonds. The van der Waals surface area contributed by atoms with Crippen LogP contribution in [-0.2, 0) is 11.3 Å². The molecular weight excluding hydrogens is 302 g/mol. The largest absolute Gasteiger partial charge is 0.504 e. The molecule has 3 rings (SSSR count). The van der Waals surface area contributed by atoms with Gasteiger partial charge in [-0.2, -0.15) is 0 Å². The Kier molecular flexibility index (Phi) is 4.22. The molecule has 0 aliphatic carbocycles. The number of ether oxygens (including phenoxy) is 1. The van der Waals surface area contributed by atoms with Crippen molar-refractivity contribution >= 4 is 0 Å². The lowest BCUT2D eigenvalue weighted by Crippen LogP contribution is -2.35. The van der Waals surface area contributed by atoms with E-state index < -0.39 is 11.2 Å². The average molecular weight is 319 g/mol. The molecule has 1 fully saturated rings. The van der Waals surface area contributed by atoms with Crippen LogP contribution in [0, 0.1) is 0 Å². The maximum Gasteiger partial charge on any atom is 0.227 e. The van der Waals surface area contributed by atoms with Gasteiger partial charge >= 0.3 is 0 Å². The van der Waals surface area contributed by atoms with Crippen LogP contribution < -0.4 is 5.43 Å². The van der Waals surface area contributed by atoms with E-state index in [4.69, 9.17) is 9.15 Å². The SMILES string of the molecule is O=c1cc(CN2CCOCC2)oc(-c2ccc(O)c(O)c2)c1O. The van der Waals surface area contributed by atoms with Gasteiger partial charge in [0, 0.05) is 24.7 Å². The van der Waals surface area contributed by atoms with Gasteiger partial charge in [0.2, 0.25) is 11.2 Å². The maximum atomic E-state index is 12.0. The lowest BCUT2D eigenvalue weighted by atomic mass is 10.1. The van der Waals surface area contributed by atoms with Crippen LogP contribution in [0.4, 0.5) is 0 Å². The fourth-order valence-corrected chi connectivity index (χ4v) is 2.45. The summed E-state index contributed by atoms with van der Waals surface area (Å²) in [5, 5.41) is 28.9. The zero-order chi connectivity index (χ0) is 16.4. The van der Waals surface area contributed by atoms with Crippen molar-refractivity contribution in [1.82, 2.24) is 4.90 Å². The fraction of sp³-hybridized carbons (Fsp3) is 0.312. The Morgan fingerprint density at radius 2 is 1.78 bits per heavy atom. The molecule has 3 N–H and O–H groups in total. The normalized spacial score (nSPS) is 15.7. The molecule has 0 unspecified atom stereocenters. The van der Waals surface area contributed by atoms with Crippen LogP contribution in [0.25, 0.3) is 11.3 Å². The van der Waals surface area contributed by atoms with Gasteiger partial charge in [-0.3, -0.25) is 9.69 Å². The molecule has 7 heteroatoms. The summed E-state index contributed by atoms with van der Waals surface area (Å²) in [6.45, 7) is 3.15. The number of phenols is 2. The Hall–Kier alpha value is -2.51. The number of aromatic hydroxyl groups is 3. The first kappa shape index (κ1) is 15.4. The van der Waals surface area contributed by atoms with Crippen LogP contribution in [0.15, 0.2) is 33.5 Å². The summed E-state index contributed by atoms with van der Waals surface area (Å²) in [6.07, 6.45) is 0. The minimum absolute atomic E-state index is 0.0314. The standard InChI is InChI=1S/C16H17NO6/c18-12-2-1-10(7-13(12)19)16-15(21)14(20)8-11(23-16)9-17-3-5-22-6-4-17/h1-2,7-8,18-19,21H,3-6,9H2. The van der Waals surface area contributed by atoms with Gasteiger partial charge in [0.1, 0.15) is 5.76 Å². The fourth-order valence-electron chi connectivity index (χ4n) is 2.45. The Morgan fingerprint density at radius 3 is 2.48 bits per heavy atom. The second kappa shape index (κ2) is 6.31. The van der Waals surface area contributed by atoms with Gasteiger partial charge < -0.3 is 24.5 Å². The van der Waals surface area contributed by atoms with Gasteiger partial charge in [0.05, 0.1) is 19.8 Å². The molecular formula is C16H17NO6. The maximum absolute atomic E-state index is 12.0. The molecule has 0 bridgehead atoms. The number of morpholine rings is 1. The van der Waals surface area contributed by atoms with Crippen molar-refractivity contribution in [2.45, 2.75) is 6.54 Å². The summed E-state index contributed by atoms with van der Waals surface area (Å²) in [7, 11) is 0. The second-order valence-electron chi connectivity index (χ2n) is 5.35. The van der Waals surface area contributed by atoms with Gasteiger partial charge in [-0.1, -0.05) is 0 Å². The lowest BCUT2D eigenvalue weighted by Gasteiger charge is -2.26. The minimum atomic E-state index is -0.554. The predicted octanol–water partition coefficient (Wildman–Crippen LogP) is 1.26. The van der Waals surface area contributed by atoms with Crippen molar-refractivity contribution < 1.29 is 24.5 Å². The zero-order valence-corrected chi connectivity index (χ0v) is 12.4. The van der Waals surface area contributed by atoms with E-state index in [1.165, 1.54) is 24.3 Å². The Labute approximate surface area is 132 Å². The molecule has 7 nitrogen and oxygen atoms in total. The van der Waals surface area contributed by atoms with Crippen LogP contribution >= 0.6 is 0 Å². The molecule has 2 heterocycles. The highest BCUT2D eigenvalue weighted by Gasteiger charge is 2.17. The van der Waals surface area contributed by atoms with Crippen molar-refractivity contribution in [3.05, 3.63) is 40.2 Å². The third-order valence-electron chi connectivity index (χ3n) is 3.69. The number of nitrogens with zero attached hydrogens (tertiary/aromatic N) is 1. The van der Waals surface area contributed by atoms with Crippen LogP contribution in [-0.4, -0.2) is 46.5 Å². The molecule has 1 saturated heterocycles. The molecule has 1 aliphatic rings. The molecule has 1 aromatic carbocycles. The first-order valence-corrected chi connectivity index (χ1v) is 7.23. The van der Waals surface area contributed by atoms with E-state index in [0.717, 1.165) is 13.1 Å². The minimum Gasteiger partial charge on any atom is -0.504 e. The number of rotatable bonds is 3. The molecule has 0 saturated carbocycles. The average Bonchev–Trinajstić information content (AvgIpc) is 2.54. The van der Waals surface area contributed by atoms with Gasteiger partial charge in [0.25, 0.3) is 0 Å². The molecule has 1 aliphatic heterocycles. The van der Waals surface area contributed by atoms with E-state index in [1.54, 1.807) is 0 Å². The van der Waals surface area contributed by atoms with Crippen molar-refractivity contribution in [2.24, 2.45) is 0 Å². The summed E-state index contributed by atoms with van der Waals surface area (Å²) in [4.78, 5) is 14.0. The molecule has 0 atom stereocenters. The predicted molar refractivity (Wildman–Crippen MR) is 81.5 cm³/mol. The zero-order valence-electron chi connectivity index (χ0n) is 12.4. The topological polar surface area (TPSA) is 103 Å². The molecule has 0 radical (unpaired) electrons. The van der Waals surface area contributed by atoms with E-state index in [9.17, 15) is 20.1 Å². The van der Waals surface area contributed by atoms with Crippen LogP contribution in [0.3, 0.4) is 0 Å². The monoisotopic (exact) mass is 319 g/mol. The van der Waals surface area contributed by atoms with Crippen molar-refractivity contribution in [3.8, 4) is 28.6 Å². The Balaban J connectivity index is 1.96. The van der Waals surface area contributed by atoms with Crippen molar-refractivity contribution in [3.63, 3.8) is 0 Å². The number of benzene rings is 1. The van der Waals surface area contributed by atoms with Gasteiger partial charge in [-0.15, -0.1) is 0 Å². The summed E-state index contributed by atoms with van der Waals surface area (Å²) in [5.41, 5.74) is -0.249. The van der Waals surface area contributed by atoms with E-state index in [0.29, 0.717) is 31.1 Å². The molecule has 1 aromatic heterocycles. The highest BCUT2D eigenvalue weighted by molar-refractivity contribution is 5.67. The summed E-state index contributed by atoms with van der Waals surface area (Å²) in [6, 6.07) is 5.20. The first-order valence-electron chi connectivity index (χ1n) is 7.23. The highest BCUT2D eigenvalue weighted by atomic mass is 16.5. The Morgan fingerprint density at radius 1 is 1.04 bits per heavy atom. The lowest BCUT2D eigenvalue weighted by molar-refractivity contribution is 0.0311. The van der Waals surface area contributed by atoms with E-state index >= 15 is 0 Å². The molecule has 2 aromatic rings. The van der Waals surface area contributed by atoms with E-state index in [2.05, 4.69) is 4.90 Å². The smallest absolute Gasteiger partial charge is 0.227 e. The quantitative estimate of drug-likeness (QED) is 0.732. The third kappa shape index (κ3) is 3.30. The third-order valence-corrected chi connectivity index (χ3v) is 3.69. The highest BCUT2D eigenvalue weighted by Crippen LogP contribution is 2.34. The summed E-state index contributed by atoms with van der Waals surface area (Å²) in [5.74, 6) is -0.794. The van der Waals surface area contributed by atoms with E-state index in [-0.39, 0.29) is 17.3 Å². The Bertz CT molecular complexity index is 764. The number of hydrogen-bond donors (Lipinski definition) is 3. The van der Waals surface area contributed by atoms with Gasteiger partial charge in [-0.25, -0.2) is 0 Å². The molecule has 23 heavy (non-hydrogen) atoms. The van der Waals surface area contributed by atoms with Crippen molar-refractivity contribution in [2.75, 3.05) is 26.3 Å². The van der Waals surface area contributed by atoms with Crippen LogP contribution in [0.5, 0.6) is 17.2 Å². The molecule has 0 spiro atoms. The van der Waals surface area contributed by atoms with Crippen LogP contribution in [0.1, 0.15) is 5.76 Å². The van der Waals surface area contributed by atoms with E-state index in [1.807, 2.05) is 0 Å². The van der Waals surface area contributed by atoms with Gasteiger partial charge in [-0.05, 0) is 18.2 Å².